The van der Waals surface area contributed by atoms with Crippen LogP contribution < -0.4 is 25.2 Å². The van der Waals surface area contributed by atoms with E-state index in [0.717, 1.165) is 5.56 Å². The molecular formula is C30H29NO9. The van der Waals surface area contributed by atoms with Crippen LogP contribution in [0.2, 0.25) is 0 Å². The summed E-state index contributed by atoms with van der Waals surface area (Å²) in [5.41, 5.74) is 1.78. The Kier molecular flexibility index (Phi) is 7.74. The van der Waals surface area contributed by atoms with E-state index in [-0.39, 0.29) is 17.9 Å². The Labute approximate surface area is 229 Å². The predicted octanol–water partition coefficient (Wildman–Crippen LogP) is 3.88. The number of hydrogen-bond acceptors (Lipinski definition) is 9. The molecule has 0 radical (unpaired) electrons. The highest BCUT2D eigenvalue weighted by Gasteiger charge is 2.33. The SMILES string of the molecule is COc1cccc(-c2cc(C(=O)Nc3cc4ccc(O[C@@H]5OCC[C@@H](O)[C@H]5O)c(C)c4oc3=O)ccc2OC)c1. The third-order valence-corrected chi connectivity index (χ3v) is 6.80. The first kappa shape index (κ1) is 27.2. The van der Waals surface area contributed by atoms with Gasteiger partial charge in [0.25, 0.3) is 5.91 Å². The van der Waals surface area contributed by atoms with Crippen LogP contribution in [0.15, 0.2) is 69.9 Å². The molecular weight excluding hydrogens is 518 g/mol. The minimum absolute atomic E-state index is 0.0292. The number of aliphatic hydroxyl groups excluding tert-OH is 2. The molecule has 2 heterocycles. The monoisotopic (exact) mass is 547 g/mol. The third kappa shape index (κ3) is 5.37. The summed E-state index contributed by atoms with van der Waals surface area (Å²) in [6.45, 7) is 1.94. The quantitative estimate of drug-likeness (QED) is 0.294. The molecule has 4 aromatic rings. The fourth-order valence-electron chi connectivity index (χ4n) is 4.57. The summed E-state index contributed by atoms with van der Waals surface area (Å²) >= 11 is 0. The maximum atomic E-state index is 13.2. The molecule has 40 heavy (non-hydrogen) atoms. The van der Waals surface area contributed by atoms with Crippen molar-refractivity contribution < 1.29 is 38.4 Å². The number of methoxy groups -OCH3 is 2. The van der Waals surface area contributed by atoms with Crippen LogP contribution in [0.3, 0.4) is 0 Å². The lowest BCUT2D eigenvalue weighted by atomic mass is 10.0. The summed E-state index contributed by atoms with van der Waals surface area (Å²) in [6.07, 6.45) is -2.92. The normalized spacial score (nSPS) is 18.8. The van der Waals surface area contributed by atoms with E-state index in [2.05, 4.69) is 5.32 Å². The topological polar surface area (TPSA) is 137 Å². The molecule has 3 aromatic carbocycles. The first-order chi connectivity index (χ1) is 19.3. The molecule has 3 atom stereocenters. The molecule has 1 aromatic heterocycles. The van der Waals surface area contributed by atoms with E-state index in [9.17, 15) is 19.8 Å². The van der Waals surface area contributed by atoms with Crippen LogP contribution in [0.1, 0.15) is 22.3 Å². The molecule has 5 rings (SSSR count). The van der Waals surface area contributed by atoms with E-state index in [0.29, 0.717) is 45.7 Å². The number of carbonyl (C=O) groups excluding carboxylic acids is 1. The summed E-state index contributed by atoms with van der Waals surface area (Å²) in [5, 5.41) is 23.3. The average Bonchev–Trinajstić information content (AvgIpc) is 2.97. The maximum Gasteiger partial charge on any atom is 0.360 e. The van der Waals surface area contributed by atoms with Gasteiger partial charge in [-0.1, -0.05) is 12.1 Å². The number of ether oxygens (including phenoxy) is 4. The van der Waals surface area contributed by atoms with Crippen molar-refractivity contribution in [2.75, 3.05) is 26.1 Å². The van der Waals surface area contributed by atoms with E-state index in [1.165, 1.54) is 6.07 Å². The molecule has 1 amide bonds. The number of benzene rings is 3. The summed E-state index contributed by atoms with van der Waals surface area (Å²) in [6, 6.07) is 17.2. The van der Waals surface area contributed by atoms with Gasteiger partial charge in [-0.05, 0) is 67.4 Å². The van der Waals surface area contributed by atoms with Gasteiger partial charge in [0, 0.05) is 22.1 Å². The van der Waals surface area contributed by atoms with E-state index in [4.69, 9.17) is 23.4 Å². The van der Waals surface area contributed by atoms with E-state index in [1.807, 2.05) is 24.3 Å². The van der Waals surface area contributed by atoms with Crippen LogP contribution in [0.4, 0.5) is 5.69 Å². The zero-order valence-corrected chi connectivity index (χ0v) is 22.2. The lowest BCUT2D eigenvalue weighted by Gasteiger charge is -2.32. The second kappa shape index (κ2) is 11.4. The van der Waals surface area contributed by atoms with E-state index in [1.54, 1.807) is 51.5 Å². The first-order valence-corrected chi connectivity index (χ1v) is 12.6. The molecule has 10 heteroatoms. The molecule has 208 valence electrons. The van der Waals surface area contributed by atoms with Gasteiger partial charge in [-0.2, -0.15) is 0 Å². The van der Waals surface area contributed by atoms with Gasteiger partial charge in [-0.15, -0.1) is 0 Å². The van der Waals surface area contributed by atoms with Crippen molar-refractivity contribution in [2.45, 2.75) is 31.8 Å². The molecule has 0 saturated carbocycles. The number of rotatable bonds is 7. The third-order valence-electron chi connectivity index (χ3n) is 6.80. The number of carbonyl (C=O) groups is 1. The standard InChI is InChI=1S/C30H29NO9/c1-16-24(39-30-26(33)23(32)11-12-38-30)9-7-18-15-22(29(35)40-27(16)18)31-28(34)19-8-10-25(37-3)21(14-19)17-5-4-6-20(13-17)36-2/h4-10,13-15,23,26,30,32-33H,11-12H2,1-3H3,(H,31,34)/t23-,26-,30+/m1/s1. The van der Waals surface area contributed by atoms with Crippen molar-refractivity contribution in [3.05, 3.63) is 82.2 Å². The van der Waals surface area contributed by atoms with Crippen LogP contribution in [0.25, 0.3) is 22.1 Å². The van der Waals surface area contributed by atoms with Crippen LogP contribution >= 0.6 is 0 Å². The maximum absolute atomic E-state index is 13.2. The molecule has 0 spiro atoms. The Balaban J connectivity index is 1.41. The number of aliphatic hydroxyl groups is 2. The molecule has 3 N–H and O–H groups in total. The highest BCUT2D eigenvalue weighted by molar-refractivity contribution is 6.05. The Bertz CT molecular complexity index is 1610. The fourth-order valence-corrected chi connectivity index (χ4v) is 4.57. The largest absolute Gasteiger partial charge is 0.497 e. The van der Waals surface area contributed by atoms with Crippen LogP contribution in [0, 0.1) is 6.92 Å². The lowest BCUT2D eigenvalue weighted by Crippen LogP contribution is -2.47. The van der Waals surface area contributed by atoms with Crippen molar-refractivity contribution in [3.8, 4) is 28.4 Å². The fraction of sp³-hybridized carbons (Fsp3) is 0.267. The zero-order chi connectivity index (χ0) is 28.4. The van der Waals surface area contributed by atoms with Gasteiger partial charge in [0.15, 0.2) is 0 Å². The van der Waals surface area contributed by atoms with Gasteiger partial charge in [-0.25, -0.2) is 4.79 Å². The van der Waals surface area contributed by atoms with Crippen molar-refractivity contribution in [1.29, 1.82) is 0 Å². The summed E-state index contributed by atoms with van der Waals surface area (Å²) in [4.78, 5) is 26.0. The number of nitrogens with one attached hydrogen (secondary N) is 1. The van der Waals surface area contributed by atoms with Crippen LogP contribution in [-0.4, -0.2) is 55.4 Å². The van der Waals surface area contributed by atoms with Gasteiger partial charge in [0.05, 0.1) is 26.9 Å². The van der Waals surface area contributed by atoms with Gasteiger partial charge >= 0.3 is 5.63 Å². The minimum Gasteiger partial charge on any atom is -0.497 e. The van der Waals surface area contributed by atoms with E-state index >= 15 is 0 Å². The van der Waals surface area contributed by atoms with Crippen molar-refractivity contribution >= 4 is 22.6 Å². The molecule has 1 saturated heterocycles. The highest BCUT2D eigenvalue weighted by Crippen LogP contribution is 2.34. The molecule has 0 aliphatic carbocycles. The van der Waals surface area contributed by atoms with Crippen molar-refractivity contribution in [3.63, 3.8) is 0 Å². The van der Waals surface area contributed by atoms with E-state index < -0.39 is 30.0 Å². The van der Waals surface area contributed by atoms with Crippen molar-refractivity contribution in [1.82, 2.24) is 0 Å². The Morgan fingerprint density at radius 3 is 2.58 bits per heavy atom. The van der Waals surface area contributed by atoms with Gasteiger partial charge < -0.3 is 38.9 Å². The smallest absolute Gasteiger partial charge is 0.360 e. The number of anilines is 1. The summed E-state index contributed by atoms with van der Waals surface area (Å²) in [7, 11) is 3.12. The molecule has 0 unspecified atom stereocenters. The van der Waals surface area contributed by atoms with Gasteiger partial charge in [0.1, 0.15) is 34.6 Å². The predicted molar refractivity (Wildman–Crippen MR) is 147 cm³/mol. The van der Waals surface area contributed by atoms with Crippen LogP contribution in [-0.2, 0) is 4.74 Å². The molecule has 1 aliphatic rings. The Hall–Kier alpha value is -4.38. The van der Waals surface area contributed by atoms with Crippen LogP contribution in [0.5, 0.6) is 17.2 Å². The molecule has 1 fully saturated rings. The second-order valence-corrected chi connectivity index (χ2v) is 9.36. The Morgan fingerprint density at radius 2 is 1.80 bits per heavy atom. The van der Waals surface area contributed by atoms with Gasteiger partial charge in [0.2, 0.25) is 6.29 Å². The van der Waals surface area contributed by atoms with Crippen molar-refractivity contribution in [2.24, 2.45) is 0 Å². The first-order valence-electron chi connectivity index (χ1n) is 12.6. The number of fused-ring (bicyclic) bond motifs is 1. The number of hydrogen-bond donors (Lipinski definition) is 3. The molecule has 10 nitrogen and oxygen atoms in total. The lowest BCUT2D eigenvalue weighted by molar-refractivity contribution is -0.207. The number of amides is 1. The van der Waals surface area contributed by atoms with Gasteiger partial charge in [-0.3, -0.25) is 4.79 Å². The molecule has 0 bridgehead atoms. The minimum atomic E-state index is -1.21. The average molecular weight is 548 g/mol. The Morgan fingerprint density at radius 1 is 1.00 bits per heavy atom. The summed E-state index contributed by atoms with van der Waals surface area (Å²) in [5.74, 6) is 1.06. The summed E-state index contributed by atoms with van der Waals surface area (Å²) < 4.78 is 27.6. The number of aryl methyl sites for hydroxylation is 1. The second-order valence-electron chi connectivity index (χ2n) is 9.36. The highest BCUT2D eigenvalue weighted by atomic mass is 16.7. The zero-order valence-electron chi connectivity index (χ0n) is 22.2. The molecule has 1 aliphatic heterocycles.